The van der Waals surface area contributed by atoms with Crippen LogP contribution in [0.4, 0.5) is 0 Å². The lowest BCUT2D eigenvalue weighted by Crippen LogP contribution is -2.35. The molecule has 0 spiro atoms. The van der Waals surface area contributed by atoms with Crippen LogP contribution in [0.1, 0.15) is 32.0 Å². The zero-order valence-corrected chi connectivity index (χ0v) is 12.4. The molecule has 1 aromatic heterocycles. The molecule has 0 unspecified atom stereocenters. The molecule has 0 fully saturated rings. The summed E-state index contributed by atoms with van der Waals surface area (Å²) >= 11 is 0. The second kappa shape index (κ2) is 6.53. The van der Waals surface area contributed by atoms with Crippen LogP contribution in [0.15, 0.2) is 48.5 Å². The van der Waals surface area contributed by atoms with Crippen molar-refractivity contribution in [2.75, 3.05) is 0 Å². The van der Waals surface area contributed by atoms with Gasteiger partial charge in [0.2, 0.25) is 5.88 Å². The van der Waals surface area contributed by atoms with E-state index in [0.717, 1.165) is 17.8 Å². The molecule has 0 aliphatic carbocycles. The first-order valence-corrected chi connectivity index (χ1v) is 6.91. The summed E-state index contributed by atoms with van der Waals surface area (Å²) in [6.45, 7) is 7.71. The van der Waals surface area contributed by atoms with E-state index in [0.29, 0.717) is 12.5 Å². The third-order valence-electron chi connectivity index (χ3n) is 2.81. The molecule has 1 N–H and O–H groups in total. The fraction of sp³-hybridized carbons (Fsp3) is 0.353. The van der Waals surface area contributed by atoms with Crippen LogP contribution >= 0.6 is 0 Å². The Morgan fingerprint density at radius 2 is 1.75 bits per heavy atom. The van der Waals surface area contributed by atoms with Crippen molar-refractivity contribution in [1.82, 2.24) is 10.3 Å². The number of hydrogen-bond acceptors (Lipinski definition) is 3. The summed E-state index contributed by atoms with van der Waals surface area (Å²) < 4.78 is 5.73. The van der Waals surface area contributed by atoms with Crippen molar-refractivity contribution in [1.29, 1.82) is 0 Å². The van der Waals surface area contributed by atoms with Gasteiger partial charge in [0.25, 0.3) is 0 Å². The summed E-state index contributed by atoms with van der Waals surface area (Å²) in [5.41, 5.74) is 2.22. The summed E-state index contributed by atoms with van der Waals surface area (Å²) in [6, 6.07) is 16.0. The van der Waals surface area contributed by atoms with Crippen molar-refractivity contribution in [3.05, 3.63) is 59.8 Å². The van der Waals surface area contributed by atoms with Crippen LogP contribution in [0.25, 0.3) is 0 Å². The van der Waals surface area contributed by atoms with E-state index in [-0.39, 0.29) is 5.54 Å². The average molecular weight is 270 g/mol. The number of benzene rings is 1. The van der Waals surface area contributed by atoms with Gasteiger partial charge in [-0.25, -0.2) is 4.98 Å². The van der Waals surface area contributed by atoms with Gasteiger partial charge in [0.1, 0.15) is 6.61 Å². The molecule has 2 aromatic rings. The predicted octanol–water partition coefficient (Wildman–Crippen LogP) is 3.55. The molecule has 1 heterocycles. The Balaban J connectivity index is 1.92. The van der Waals surface area contributed by atoms with Gasteiger partial charge in [0.15, 0.2) is 0 Å². The fourth-order valence-corrected chi connectivity index (χ4v) is 1.72. The maximum Gasteiger partial charge on any atom is 0.213 e. The third kappa shape index (κ3) is 5.02. The van der Waals surface area contributed by atoms with Crippen molar-refractivity contribution >= 4 is 0 Å². The SMILES string of the molecule is CC(C)(C)NCc1cccc(OCc2ccccc2)n1. The largest absolute Gasteiger partial charge is 0.473 e. The Labute approximate surface area is 121 Å². The van der Waals surface area contributed by atoms with Crippen LogP contribution in [-0.2, 0) is 13.2 Å². The molecule has 2 rings (SSSR count). The minimum absolute atomic E-state index is 0.0859. The van der Waals surface area contributed by atoms with Gasteiger partial charge in [-0.1, -0.05) is 36.4 Å². The second-order valence-electron chi connectivity index (χ2n) is 5.84. The van der Waals surface area contributed by atoms with Crippen molar-refractivity contribution in [2.45, 2.75) is 39.5 Å². The van der Waals surface area contributed by atoms with E-state index < -0.39 is 0 Å². The van der Waals surface area contributed by atoms with Gasteiger partial charge < -0.3 is 10.1 Å². The first-order chi connectivity index (χ1) is 9.53. The number of pyridine rings is 1. The van der Waals surface area contributed by atoms with Crippen molar-refractivity contribution in [3.8, 4) is 5.88 Å². The number of nitrogens with zero attached hydrogens (tertiary/aromatic N) is 1. The van der Waals surface area contributed by atoms with Crippen molar-refractivity contribution < 1.29 is 4.74 Å². The molecular weight excluding hydrogens is 248 g/mol. The molecule has 3 nitrogen and oxygen atoms in total. The summed E-state index contributed by atoms with van der Waals surface area (Å²) in [5, 5.41) is 3.42. The molecule has 0 saturated heterocycles. The lowest BCUT2D eigenvalue weighted by atomic mass is 10.1. The van der Waals surface area contributed by atoms with Crippen LogP contribution in [0.5, 0.6) is 5.88 Å². The molecule has 0 aliphatic heterocycles. The number of nitrogens with one attached hydrogen (secondary N) is 1. The van der Waals surface area contributed by atoms with Crippen LogP contribution in [0.2, 0.25) is 0 Å². The zero-order valence-electron chi connectivity index (χ0n) is 12.4. The molecule has 0 atom stereocenters. The molecular formula is C17H22N2O. The van der Waals surface area contributed by atoms with Gasteiger partial charge in [0.05, 0.1) is 5.69 Å². The van der Waals surface area contributed by atoms with E-state index >= 15 is 0 Å². The quantitative estimate of drug-likeness (QED) is 0.902. The summed E-state index contributed by atoms with van der Waals surface area (Å²) in [7, 11) is 0. The first-order valence-electron chi connectivity index (χ1n) is 6.91. The van der Waals surface area contributed by atoms with Crippen LogP contribution in [0.3, 0.4) is 0 Å². The highest BCUT2D eigenvalue weighted by atomic mass is 16.5. The molecule has 0 radical (unpaired) electrons. The molecule has 106 valence electrons. The minimum atomic E-state index is 0.0859. The maximum atomic E-state index is 5.73. The van der Waals surface area contributed by atoms with Crippen LogP contribution in [0, 0.1) is 0 Å². The lowest BCUT2D eigenvalue weighted by molar-refractivity contribution is 0.292. The maximum absolute atomic E-state index is 5.73. The average Bonchev–Trinajstić information content (AvgIpc) is 2.44. The fourth-order valence-electron chi connectivity index (χ4n) is 1.72. The Morgan fingerprint density at radius 3 is 2.45 bits per heavy atom. The molecule has 3 heteroatoms. The Kier molecular flexibility index (Phi) is 4.74. The predicted molar refractivity (Wildman–Crippen MR) is 81.6 cm³/mol. The minimum Gasteiger partial charge on any atom is -0.473 e. The number of ether oxygens (including phenoxy) is 1. The van der Waals surface area contributed by atoms with E-state index in [1.165, 1.54) is 0 Å². The lowest BCUT2D eigenvalue weighted by Gasteiger charge is -2.20. The Bertz CT molecular complexity index is 532. The zero-order chi connectivity index (χ0) is 14.4. The molecule has 20 heavy (non-hydrogen) atoms. The van der Waals surface area contributed by atoms with Crippen molar-refractivity contribution in [2.24, 2.45) is 0 Å². The normalized spacial score (nSPS) is 11.3. The molecule has 0 aliphatic rings. The van der Waals surface area contributed by atoms with E-state index in [1.54, 1.807) is 0 Å². The molecule has 0 bridgehead atoms. The summed E-state index contributed by atoms with van der Waals surface area (Å²) in [5.74, 6) is 0.669. The number of rotatable bonds is 5. The number of hydrogen-bond donors (Lipinski definition) is 1. The topological polar surface area (TPSA) is 34.1 Å². The molecule has 1 aromatic carbocycles. The van der Waals surface area contributed by atoms with E-state index in [9.17, 15) is 0 Å². The smallest absolute Gasteiger partial charge is 0.213 e. The molecule has 0 saturated carbocycles. The van der Waals surface area contributed by atoms with Crippen molar-refractivity contribution in [3.63, 3.8) is 0 Å². The summed E-state index contributed by atoms with van der Waals surface area (Å²) in [6.07, 6.45) is 0. The van der Waals surface area contributed by atoms with E-state index in [2.05, 4.69) is 31.1 Å². The highest BCUT2D eigenvalue weighted by molar-refractivity contribution is 5.18. The van der Waals surface area contributed by atoms with Gasteiger partial charge in [0, 0.05) is 18.2 Å². The highest BCUT2D eigenvalue weighted by Gasteiger charge is 2.09. The third-order valence-corrected chi connectivity index (χ3v) is 2.81. The second-order valence-corrected chi connectivity index (χ2v) is 5.84. The summed E-state index contributed by atoms with van der Waals surface area (Å²) in [4.78, 5) is 4.51. The monoisotopic (exact) mass is 270 g/mol. The van der Waals surface area contributed by atoms with Crippen LogP contribution < -0.4 is 10.1 Å². The van der Waals surface area contributed by atoms with Gasteiger partial charge in [-0.3, -0.25) is 0 Å². The first kappa shape index (κ1) is 14.5. The standard InChI is InChI=1S/C17H22N2O/c1-17(2,3)18-12-15-10-7-11-16(19-15)20-13-14-8-5-4-6-9-14/h4-11,18H,12-13H2,1-3H3. The van der Waals surface area contributed by atoms with Gasteiger partial charge in [-0.2, -0.15) is 0 Å². The number of aromatic nitrogens is 1. The van der Waals surface area contributed by atoms with Gasteiger partial charge in [-0.15, -0.1) is 0 Å². The molecule has 0 amide bonds. The van der Waals surface area contributed by atoms with E-state index in [1.807, 2.05) is 48.5 Å². The Morgan fingerprint density at radius 1 is 1.00 bits per heavy atom. The highest BCUT2D eigenvalue weighted by Crippen LogP contribution is 2.11. The van der Waals surface area contributed by atoms with E-state index in [4.69, 9.17) is 4.74 Å². The van der Waals surface area contributed by atoms with Crippen LogP contribution in [-0.4, -0.2) is 10.5 Å². The van der Waals surface area contributed by atoms with Gasteiger partial charge >= 0.3 is 0 Å². The van der Waals surface area contributed by atoms with Gasteiger partial charge in [-0.05, 0) is 32.4 Å². The Hall–Kier alpha value is -1.87.